The van der Waals surface area contributed by atoms with Crippen LogP contribution in [0.1, 0.15) is 64.7 Å². The van der Waals surface area contributed by atoms with E-state index in [2.05, 4.69) is 6.92 Å². The van der Waals surface area contributed by atoms with Crippen LogP contribution >= 0.6 is 0 Å². The molecule has 4 heteroatoms. The predicted molar refractivity (Wildman–Crippen MR) is 97.0 cm³/mol. The summed E-state index contributed by atoms with van der Waals surface area (Å²) in [5, 5.41) is 18.5. The molecule has 4 nitrogen and oxygen atoms in total. The van der Waals surface area contributed by atoms with Gasteiger partial charge in [0.05, 0.1) is 12.2 Å². The SMILES string of the molecule is CCCCCCCCC[C@@H](O)C[C@H]1O[C@H]1C=CC=CC=CC(=O)O. The first-order valence-electron chi connectivity index (χ1n) is 9.21. The highest BCUT2D eigenvalue weighted by molar-refractivity contribution is 5.80. The highest BCUT2D eigenvalue weighted by atomic mass is 16.6. The molecule has 0 aliphatic carbocycles. The Balaban J connectivity index is 2.01. The van der Waals surface area contributed by atoms with Crippen molar-refractivity contribution in [1.29, 1.82) is 0 Å². The molecule has 0 spiro atoms. The van der Waals surface area contributed by atoms with E-state index in [0.29, 0.717) is 6.42 Å². The van der Waals surface area contributed by atoms with Crippen molar-refractivity contribution in [3.8, 4) is 0 Å². The lowest BCUT2D eigenvalue weighted by Crippen LogP contribution is -2.10. The largest absolute Gasteiger partial charge is 0.478 e. The van der Waals surface area contributed by atoms with Gasteiger partial charge in [-0.2, -0.15) is 0 Å². The van der Waals surface area contributed by atoms with Gasteiger partial charge < -0.3 is 14.9 Å². The van der Waals surface area contributed by atoms with Gasteiger partial charge in [0.1, 0.15) is 6.10 Å². The van der Waals surface area contributed by atoms with Gasteiger partial charge in [0.2, 0.25) is 0 Å². The minimum atomic E-state index is -0.954. The number of rotatable bonds is 14. The van der Waals surface area contributed by atoms with E-state index < -0.39 is 5.97 Å². The number of unbranched alkanes of at least 4 members (excludes halogenated alkanes) is 6. The maximum absolute atomic E-state index is 10.3. The topological polar surface area (TPSA) is 70.1 Å². The summed E-state index contributed by atoms with van der Waals surface area (Å²) in [4.78, 5) is 10.3. The number of allylic oxidation sites excluding steroid dienone is 4. The average molecular weight is 336 g/mol. The lowest BCUT2D eigenvalue weighted by atomic mass is 10.0. The van der Waals surface area contributed by atoms with Crippen LogP contribution in [0.3, 0.4) is 0 Å². The Labute approximate surface area is 145 Å². The summed E-state index contributed by atoms with van der Waals surface area (Å²) >= 11 is 0. The summed E-state index contributed by atoms with van der Waals surface area (Å²) in [7, 11) is 0. The molecule has 1 fully saturated rings. The zero-order chi connectivity index (χ0) is 17.6. The highest BCUT2D eigenvalue weighted by Gasteiger charge is 2.37. The van der Waals surface area contributed by atoms with Gasteiger partial charge in [0, 0.05) is 12.5 Å². The number of aliphatic carboxylic acids is 1. The third kappa shape index (κ3) is 11.2. The number of ether oxygens (including phenoxy) is 1. The van der Waals surface area contributed by atoms with Gasteiger partial charge in [0.25, 0.3) is 0 Å². The first-order chi connectivity index (χ1) is 11.6. The van der Waals surface area contributed by atoms with Crippen molar-refractivity contribution in [1.82, 2.24) is 0 Å². The van der Waals surface area contributed by atoms with E-state index in [0.717, 1.165) is 18.9 Å². The summed E-state index contributed by atoms with van der Waals surface area (Å²) in [5.74, 6) is -0.954. The van der Waals surface area contributed by atoms with E-state index in [4.69, 9.17) is 9.84 Å². The third-order valence-electron chi connectivity index (χ3n) is 4.14. The molecule has 1 saturated heterocycles. The number of carbonyl (C=O) groups is 1. The Hall–Kier alpha value is -1.39. The van der Waals surface area contributed by atoms with Crippen LogP contribution in [0.25, 0.3) is 0 Å². The highest BCUT2D eigenvalue weighted by Crippen LogP contribution is 2.29. The van der Waals surface area contributed by atoms with Crippen LogP contribution in [0.4, 0.5) is 0 Å². The Bertz CT molecular complexity index is 425. The molecule has 24 heavy (non-hydrogen) atoms. The van der Waals surface area contributed by atoms with Crippen molar-refractivity contribution >= 4 is 5.97 Å². The minimum absolute atomic E-state index is 0.0850. The van der Waals surface area contributed by atoms with Crippen LogP contribution in [0.5, 0.6) is 0 Å². The van der Waals surface area contributed by atoms with Crippen molar-refractivity contribution < 1.29 is 19.7 Å². The van der Waals surface area contributed by atoms with E-state index >= 15 is 0 Å². The van der Waals surface area contributed by atoms with Gasteiger partial charge in [-0.25, -0.2) is 4.79 Å². The van der Waals surface area contributed by atoms with Gasteiger partial charge in [-0.15, -0.1) is 0 Å². The molecule has 1 heterocycles. The molecule has 0 saturated carbocycles. The molecule has 0 aromatic carbocycles. The van der Waals surface area contributed by atoms with Crippen molar-refractivity contribution in [3.63, 3.8) is 0 Å². The fraction of sp³-hybridized carbons (Fsp3) is 0.650. The smallest absolute Gasteiger partial charge is 0.328 e. The van der Waals surface area contributed by atoms with Gasteiger partial charge in [0.15, 0.2) is 0 Å². The Morgan fingerprint density at radius 2 is 1.71 bits per heavy atom. The minimum Gasteiger partial charge on any atom is -0.478 e. The summed E-state index contributed by atoms with van der Waals surface area (Å²) in [6, 6.07) is 0. The van der Waals surface area contributed by atoms with Crippen molar-refractivity contribution in [3.05, 3.63) is 36.5 Å². The number of aliphatic hydroxyl groups is 1. The van der Waals surface area contributed by atoms with Crippen LogP contribution in [0.15, 0.2) is 36.5 Å². The molecule has 0 radical (unpaired) electrons. The molecule has 3 atom stereocenters. The number of hydrogen-bond donors (Lipinski definition) is 2. The monoisotopic (exact) mass is 336 g/mol. The lowest BCUT2D eigenvalue weighted by Gasteiger charge is -2.08. The normalized spacial score (nSPS) is 21.9. The zero-order valence-corrected chi connectivity index (χ0v) is 14.8. The maximum Gasteiger partial charge on any atom is 0.328 e. The number of carboxylic acid groups (broad SMARTS) is 1. The number of aliphatic hydroxyl groups excluding tert-OH is 1. The molecule has 0 bridgehead atoms. The molecule has 1 rings (SSSR count). The van der Waals surface area contributed by atoms with Gasteiger partial charge >= 0.3 is 5.97 Å². The average Bonchev–Trinajstić information content (AvgIpc) is 3.27. The van der Waals surface area contributed by atoms with E-state index in [9.17, 15) is 9.90 Å². The lowest BCUT2D eigenvalue weighted by molar-refractivity contribution is -0.131. The molecule has 0 unspecified atom stereocenters. The first kappa shape index (κ1) is 20.7. The van der Waals surface area contributed by atoms with Crippen LogP contribution in [-0.2, 0) is 9.53 Å². The van der Waals surface area contributed by atoms with Crippen LogP contribution in [0.2, 0.25) is 0 Å². The maximum atomic E-state index is 10.3. The molecule has 1 aliphatic heterocycles. The van der Waals surface area contributed by atoms with Crippen molar-refractivity contribution in [2.45, 2.75) is 83.0 Å². The fourth-order valence-corrected chi connectivity index (χ4v) is 2.68. The summed E-state index contributed by atoms with van der Waals surface area (Å²) in [6.45, 7) is 2.23. The number of hydrogen-bond acceptors (Lipinski definition) is 3. The van der Waals surface area contributed by atoms with E-state index in [1.165, 1.54) is 44.6 Å². The summed E-state index contributed by atoms with van der Waals surface area (Å²) in [5.41, 5.74) is 0. The van der Waals surface area contributed by atoms with Gasteiger partial charge in [-0.3, -0.25) is 0 Å². The zero-order valence-electron chi connectivity index (χ0n) is 14.8. The Morgan fingerprint density at radius 1 is 1.04 bits per heavy atom. The van der Waals surface area contributed by atoms with Crippen molar-refractivity contribution in [2.24, 2.45) is 0 Å². The quantitative estimate of drug-likeness (QED) is 0.213. The van der Waals surface area contributed by atoms with Crippen LogP contribution in [0, 0.1) is 0 Å². The summed E-state index contributed by atoms with van der Waals surface area (Å²) < 4.78 is 5.51. The summed E-state index contributed by atoms with van der Waals surface area (Å²) in [6.07, 6.45) is 20.2. The van der Waals surface area contributed by atoms with Crippen LogP contribution < -0.4 is 0 Å². The molecule has 1 aliphatic rings. The third-order valence-corrected chi connectivity index (χ3v) is 4.14. The Morgan fingerprint density at radius 3 is 2.42 bits per heavy atom. The second-order valence-electron chi connectivity index (χ2n) is 6.41. The molecule has 0 aromatic rings. The van der Waals surface area contributed by atoms with E-state index in [1.807, 2.05) is 12.2 Å². The standard InChI is InChI=1S/C20H32O4/c1-2-3-4-5-6-7-10-13-17(21)16-19-18(24-19)14-11-8-9-12-15-20(22)23/h8-9,11-12,14-15,17-19,21H,2-7,10,13,16H2,1H3,(H,22,23)/t17-,18+,19-/m1/s1. The van der Waals surface area contributed by atoms with Crippen LogP contribution in [-0.4, -0.2) is 34.5 Å². The molecular weight excluding hydrogens is 304 g/mol. The number of epoxide rings is 1. The first-order valence-corrected chi connectivity index (χ1v) is 9.21. The molecule has 136 valence electrons. The second-order valence-corrected chi connectivity index (χ2v) is 6.41. The molecule has 2 N–H and O–H groups in total. The Kier molecular flexibility index (Phi) is 11.2. The van der Waals surface area contributed by atoms with Crippen molar-refractivity contribution in [2.75, 3.05) is 0 Å². The molecule has 0 aromatic heterocycles. The molecular formula is C20H32O4. The number of carboxylic acids is 1. The van der Waals surface area contributed by atoms with E-state index in [-0.39, 0.29) is 18.3 Å². The van der Waals surface area contributed by atoms with E-state index in [1.54, 1.807) is 12.2 Å². The van der Waals surface area contributed by atoms with Gasteiger partial charge in [-0.1, -0.05) is 82.2 Å². The fourth-order valence-electron chi connectivity index (χ4n) is 2.68. The second kappa shape index (κ2) is 13.0. The molecule has 0 amide bonds. The predicted octanol–water partition coefficient (Wildman–Crippen LogP) is 4.40. The van der Waals surface area contributed by atoms with Gasteiger partial charge in [-0.05, 0) is 6.42 Å².